The molecule has 0 aromatic carbocycles. The minimum Gasteiger partial charge on any atom is -0.465 e. The minimum absolute atomic E-state index is 0.338. The Bertz CT molecular complexity index is 320. The van der Waals surface area contributed by atoms with Gasteiger partial charge in [-0.15, -0.1) is 0 Å². The molecule has 1 rings (SSSR count). The lowest BCUT2D eigenvalue weighted by Crippen LogP contribution is -2.46. The maximum Gasteiger partial charge on any atom is 0.325 e. The van der Waals surface area contributed by atoms with Gasteiger partial charge in [-0.25, -0.2) is 0 Å². The van der Waals surface area contributed by atoms with Crippen LogP contribution in [0.2, 0.25) is 0 Å². The number of hydrogen-bond donors (Lipinski definition) is 1. The number of ether oxygens (including phenoxy) is 1. The normalized spacial score (nSPS) is 14.4. The van der Waals surface area contributed by atoms with Crippen molar-refractivity contribution in [1.82, 2.24) is 9.78 Å². The Morgan fingerprint density at radius 3 is 2.94 bits per heavy atom. The monoisotopic (exact) mass is 225 g/mol. The SMILES string of the molecule is CCOC(=O)C(C)(N)CCCn1cccn1. The standard InChI is InChI=1S/C11H19N3O2/c1-3-16-10(15)11(2,12)6-4-8-14-9-5-7-13-14/h5,7,9H,3-4,6,8,12H2,1-2H3. The fraction of sp³-hybridized carbons (Fsp3) is 0.636. The summed E-state index contributed by atoms with van der Waals surface area (Å²) in [6, 6.07) is 1.87. The van der Waals surface area contributed by atoms with Crippen LogP contribution in [-0.2, 0) is 16.1 Å². The Morgan fingerprint density at radius 2 is 2.38 bits per heavy atom. The molecule has 1 atom stereocenters. The highest BCUT2D eigenvalue weighted by Crippen LogP contribution is 2.11. The molecule has 16 heavy (non-hydrogen) atoms. The van der Waals surface area contributed by atoms with Crippen molar-refractivity contribution in [3.05, 3.63) is 18.5 Å². The van der Waals surface area contributed by atoms with Gasteiger partial charge in [0, 0.05) is 18.9 Å². The van der Waals surface area contributed by atoms with Crippen LogP contribution in [0.1, 0.15) is 26.7 Å². The number of hydrogen-bond acceptors (Lipinski definition) is 4. The van der Waals surface area contributed by atoms with Crippen molar-refractivity contribution in [3.8, 4) is 0 Å². The summed E-state index contributed by atoms with van der Waals surface area (Å²) in [6.45, 7) is 4.61. The number of nitrogens with zero attached hydrogens (tertiary/aromatic N) is 2. The molecule has 2 N–H and O–H groups in total. The van der Waals surface area contributed by atoms with Crippen LogP contribution in [0.5, 0.6) is 0 Å². The first-order valence-corrected chi connectivity index (χ1v) is 5.50. The molecule has 0 saturated carbocycles. The summed E-state index contributed by atoms with van der Waals surface area (Å²) in [4.78, 5) is 11.5. The summed E-state index contributed by atoms with van der Waals surface area (Å²) in [5, 5.41) is 4.08. The summed E-state index contributed by atoms with van der Waals surface area (Å²) in [7, 11) is 0. The summed E-state index contributed by atoms with van der Waals surface area (Å²) < 4.78 is 6.73. The molecule has 0 aliphatic carbocycles. The first kappa shape index (κ1) is 12.7. The molecule has 1 aromatic heterocycles. The maximum atomic E-state index is 11.5. The topological polar surface area (TPSA) is 70.1 Å². The van der Waals surface area contributed by atoms with Gasteiger partial charge in [0.25, 0.3) is 0 Å². The van der Waals surface area contributed by atoms with Gasteiger partial charge < -0.3 is 10.5 Å². The third kappa shape index (κ3) is 3.66. The van der Waals surface area contributed by atoms with Crippen LogP contribution in [0.15, 0.2) is 18.5 Å². The van der Waals surface area contributed by atoms with Crippen LogP contribution in [0.4, 0.5) is 0 Å². The number of carbonyl (C=O) groups is 1. The van der Waals surface area contributed by atoms with Crippen molar-refractivity contribution >= 4 is 5.97 Å². The van der Waals surface area contributed by atoms with E-state index in [9.17, 15) is 4.79 Å². The number of nitrogens with two attached hydrogens (primary N) is 1. The summed E-state index contributed by atoms with van der Waals surface area (Å²) in [6.07, 6.45) is 5.00. The molecule has 0 radical (unpaired) electrons. The van der Waals surface area contributed by atoms with Gasteiger partial charge in [-0.1, -0.05) is 0 Å². The third-order valence-electron chi connectivity index (χ3n) is 2.38. The maximum absolute atomic E-state index is 11.5. The lowest BCUT2D eigenvalue weighted by Gasteiger charge is -2.21. The van der Waals surface area contributed by atoms with E-state index < -0.39 is 5.54 Å². The van der Waals surface area contributed by atoms with Crippen molar-refractivity contribution in [2.24, 2.45) is 5.73 Å². The second-order valence-electron chi connectivity index (χ2n) is 4.01. The quantitative estimate of drug-likeness (QED) is 0.731. The molecule has 90 valence electrons. The predicted molar refractivity (Wildman–Crippen MR) is 60.7 cm³/mol. The molecule has 0 aliphatic rings. The Balaban J connectivity index is 2.33. The van der Waals surface area contributed by atoms with Crippen molar-refractivity contribution in [1.29, 1.82) is 0 Å². The second kappa shape index (κ2) is 5.65. The lowest BCUT2D eigenvalue weighted by atomic mass is 9.97. The van der Waals surface area contributed by atoms with Crippen molar-refractivity contribution in [2.75, 3.05) is 6.61 Å². The molecule has 1 heterocycles. The largest absolute Gasteiger partial charge is 0.465 e. The molecular weight excluding hydrogens is 206 g/mol. The van der Waals surface area contributed by atoms with Gasteiger partial charge in [0.05, 0.1) is 6.61 Å². The van der Waals surface area contributed by atoms with E-state index in [0.29, 0.717) is 13.0 Å². The fourth-order valence-electron chi connectivity index (χ4n) is 1.44. The summed E-state index contributed by atoms with van der Waals surface area (Å²) in [5.74, 6) is -0.338. The van der Waals surface area contributed by atoms with Gasteiger partial charge in [-0.3, -0.25) is 9.48 Å². The van der Waals surface area contributed by atoms with Crippen molar-refractivity contribution in [2.45, 2.75) is 38.8 Å². The van der Waals surface area contributed by atoms with Gasteiger partial charge in [0.1, 0.15) is 5.54 Å². The summed E-state index contributed by atoms with van der Waals surface area (Å²) >= 11 is 0. The minimum atomic E-state index is -0.900. The molecule has 5 nitrogen and oxygen atoms in total. The van der Waals surface area contributed by atoms with Crippen LogP contribution in [0.3, 0.4) is 0 Å². The number of rotatable bonds is 6. The van der Waals surface area contributed by atoms with Crippen LogP contribution < -0.4 is 5.73 Å². The molecule has 0 fully saturated rings. The number of esters is 1. The van der Waals surface area contributed by atoms with E-state index >= 15 is 0 Å². The Morgan fingerprint density at radius 1 is 1.62 bits per heavy atom. The molecule has 5 heteroatoms. The van der Waals surface area contributed by atoms with E-state index in [-0.39, 0.29) is 5.97 Å². The van der Waals surface area contributed by atoms with Gasteiger partial charge in [0.2, 0.25) is 0 Å². The number of aryl methyl sites for hydroxylation is 1. The number of carbonyl (C=O) groups excluding carboxylic acids is 1. The van der Waals surface area contributed by atoms with Gasteiger partial charge >= 0.3 is 5.97 Å². The van der Waals surface area contributed by atoms with Gasteiger partial charge in [-0.05, 0) is 32.8 Å². The van der Waals surface area contributed by atoms with E-state index in [1.807, 2.05) is 16.9 Å². The van der Waals surface area contributed by atoms with E-state index in [2.05, 4.69) is 5.10 Å². The van der Waals surface area contributed by atoms with E-state index in [0.717, 1.165) is 13.0 Å². The van der Waals surface area contributed by atoms with Crippen LogP contribution >= 0.6 is 0 Å². The first-order valence-electron chi connectivity index (χ1n) is 5.50. The Kier molecular flexibility index (Phi) is 4.49. The molecular formula is C11H19N3O2. The van der Waals surface area contributed by atoms with E-state index in [1.54, 1.807) is 20.0 Å². The predicted octanol–water partition coefficient (Wildman–Crippen LogP) is 0.944. The highest BCUT2D eigenvalue weighted by molar-refractivity contribution is 5.79. The molecule has 0 bridgehead atoms. The van der Waals surface area contributed by atoms with Crippen LogP contribution in [-0.4, -0.2) is 27.9 Å². The average Bonchev–Trinajstić information content (AvgIpc) is 2.70. The van der Waals surface area contributed by atoms with Crippen LogP contribution in [0, 0.1) is 0 Å². The molecule has 1 aromatic rings. The highest BCUT2D eigenvalue weighted by atomic mass is 16.5. The summed E-state index contributed by atoms with van der Waals surface area (Å²) in [5.41, 5.74) is 4.98. The zero-order valence-corrected chi connectivity index (χ0v) is 9.85. The molecule has 0 saturated heterocycles. The Hall–Kier alpha value is -1.36. The average molecular weight is 225 g/mol. The molecule has 0 spiro atoms. The molecule has 0 aliphatic heterocycles. The Labute approximate surface area is 95.6 Å². The van der Waals surface area contributed by atoms with E-state index in [1.165, 1.54) is 0 Å². The van der Waals surface area contributed by atoms with Crippen LogP contribution in [0.25, 0.3) is 0 Å². The van der Waals surface area contributed by atoms with E-state index in [4.69, 9.17) is 10.5 Å². The highest BCUT2D eigenvalue weighted by Gasteiger charge is 2.29. The number of aromatic nitrogens is 2. The zero-order chi connectivity index (χ0) is 12.0. The fourth-order valence-corrected chi connectivity index (χ4v) is 1.44. The smallest absolute Gasteiger partial charge is 0.325 e. The lowest BCUT2D eigenvalue weighted by molar-refractivity contribution is -0.149. The van der Waals surface area contributed by atoms with Crippen molar-refractivity contribution < 1.29 is 9.53 Å². The second-order valence-corrected chi connectivity index (χ2v) is 4.01. The zero-order valence-electron chi connectivity index (χ0n) is 9.85. The first-order chi connectivity index (χ1) is 7.56. The third-order valence-corrected chi connectivity index (χ3v) is 2.38. The van der Waals surface area contributed by atoms with Gasteiger partial charge in [-0.2, -0.15) is 5.10 Å². The molecule has 1 unspecified atom stereocenters. The molecule has 0 amide bonds. The van der Waals surface area contributed by atoms with Crippen molar-refractivity contribution in [3.63, 3.8) is 0 Å². The van der Waals surface area contributed by atoms with Gasteiger partial charge in [0.15, 0.2) is 0 Å².